The van der Waals surface area contributed by atoms with Gasteiger partial charge in [-0.05, 0) is 25.8 Å². The molecule has 0 amide bonds. The molecule has 3 rings (SSSR count). The molecule has 82 valence electrons. The summed E-state index contributed by atoms with van der Waals surface area (Å²) in [5.41, 5.74) is 0. The largest absolute Gasteiger partial charge is 0.339 e. The number of nitrogens with zero attached hydrogens (tertiary/aromatic N) is 2. The highest BCUT2D eigenvalue weighted by Crippen LogP contribution is 2.33. The lowest BCUT2D eigenvalue weighted by Crippen LogP contribution is -2.08. The van der Waals surface area contributed by atoms with Gasteiger partial charge in [0.25, 0.3) is 0 Å². The van der Waals surface area contributed by atoms with E-state index >= 15 is 0 Å². The van der Waals surface area contributed by atoms with Crippen molar-refractivity contribution in [2.75, 3.05) is 13.1 Å². The Balaban J connectivity index is 1.74. The Kier molecular flexibility index (Phi) is 2.44. The van der Waals surface area contributed by atoms with Gasteiger partial charge in [-0.3, -0.25) is 0 Å². The van der Waals surface area contributed by atoms with E-state index in [0.717, 1.165) is 31.2 Å². The Morgan fingerprint density at radius 2 is 2.00 bits per heavy atom. The Labute approximate surface area is 89.4 Å². The Hall–Kier alpha value is -0.900. The van der Waals surface area contributed by atoms with Crippen molar-refractivity contribution in [2.24, 2.45) is 0 Å². The van der Waals surface area contributed by atoms with E-state index in [1.807, 2.05) is 0 Å². The maximum Gasteiger partial charge on any atom is 0.231 e. The fraction of sp³-hybridized carbons (Fsp3) is 0.818. The molecule has 1 aromatic heterocycles. The topological polar surface area (TPSA) is 51.0 Å². The summed E-state index contributed by atoms with van der Waals surface area (Å²) in [5, 5.41) is 7.45. The SMILES string of the molecule is C1CCC(c2noc(C3CCNC3)n2)C1. The first-order valence-electron chi connectivity index (χ1n) is 5.97. The summed E-state index contributed by atoms with van der Waals surface area (Å²) in [6.07, 6.45) is 6.25. The molecule has 4 nitrogen and oxygen atoms in total. The van der Waals surface area contributed by atoms with Crippen LogP contribution in [0.4, 0.5) is 0 Å². The molecule has 2 heterocycles. The van der Waals surface area contributed by atoms with Gasteiger partial charge in [-0.15, -0.1) is 0 Å². The fourth-order valence-corrected chi connectivity index (χ4v) is 2.63. The summed E-state index contributed by atoms with van der Waals surface area (Å²) in [7, 11) is 0. The Bertz CT molecular complexity index is 294. The van der Waals surface area contributed by atoms with Gasteiger partial charge in [0.1, 0.15) is 0 Å². The first-order valence-corrected chi connectivity index (χ1v) is 5.97. The minimum atomic E-state index is 0.452. The van der Waals surface area contributed by atoms with Crippen LogP contribution in [0.1, 0.15) is 55.7 Å². The van der Waals surface area contributed by atoms with Crippen LogP contribution >= 0.6 is 0 Å². The first kappa shape index (κ1) is 9.33. The Morgan fingerprint density at radius 3 is 2.73 bits per heavy atom. The quantitative estimate of drug-likeness (QED) is 0.803. The predicted octanol–water partition coefficient (Wildman–Crippen LogP) is 1.80. The highest BCUT2D eigenvalue weighted by molar-refractivity contribution is 5.02. The smallest absolute Gasteiger partial charge is 0.231 e. The van der Waals surface area contributed by atoms with Gasteiger partial charge in [0.2, 0.25) is 5.89 Å². The summed E-state index contributed by atoms with van der Waals surface area (Å²) in [6.45, 7) is 2.07. The molecule has 0 radical (unpaired) electrons. The molecule has 2 fully saturated rings. The molecule has 1 aromatic rings. The van der Waals surface area contributed by atoms with Crippen molar-refractivity contribution in [3.8, 4) is 0 Å². The molecule has 1 saturated heterocycles. The molecule has 0 bridgehead atoms. The summed E-state index contributed by atoms with van der Waals surface area (Å²) in [5.74, 6) is 2.82. The summed E-state index contributed by atoms with van der Waals surface area (Å²) in [4.78, 5) is 4.56. The lowest BCUT2D eigenvalue weighted by Gasteiger charge is -2.01. The average Bonchev–Trinajstić information content (AvgIpc) is 3.02. The van der Waals surface area contributed by atoms with Crippen LogP contribution in [0.25, 0.3) is 0 Å². The average molecular weight is 207 g/mol. The number of nitrogens with one attached hydrogen (secondary N) is 1. The minimum Gasteiger partial charge on any atom is -0.339 e. The zero-order valence-corrected chi connectivity index (χ0v) is 8.91. The highest BCUT2D eigenvalue weighted by atomic mass is 16.5. The molecule has 4 heteroatoms. The molecule has 1 aliphatic heterocycles. The molecule has 1 saturated carbocycles. The van der Waals surface area contributed by atoms with Crippen molar-refractivity contribution in [3.05, 3.63) is 11.7 Å². The molecule has 1 aliphatic carbocycles. The summed E-state index contributed by atoms with van der Waals surface area (Å²) < 4.78 is 5.36. The second-order valence-corrected chi connectivity index (χ2v) is 4.66. The molecule has 15 heavy (non-hydrogen) atoms. The zero-order valence-electron chi connectivity index (χ0n) is 8.91. The molecule has 1 unspecified atom stereocenters. The van der Waals surface area contributed by atoms with E-state index in [1.165, 1.54) is 25.7 Å². The van der Waals surface area contributed by atoms with Crippen LogP contribution in [0.2, 0.25) is 0 Å². The van der Waals surface area contributed by atoms with Crippen molar-refractivity contribution in [2.45, 2.75) is 43.9 Å². The van der Waals surface area contributed by atoms with Gasteiger partial charge in [-0.1, -0.05) is 18.0 Å². The van der Waals surface area contributed by atoms with Crippen LogP contribution in [0.5, 0.6) is 0 Å². The van der Waals surface area contributed by atoms with E-state index < -0.39 is 0 Å². The van der Waals surface area contributed by atoms with Gasteiger partial charge < -0.3 is 9.84 Å². The van der Waals surface area contributed by atoms with Gasteiger partial charge in [0.15, 0.2) is 5.82 Å². The highest BCUT2D eigenvalue weighted by Gasteiger charge is 2.26. The third-order valence-electron chi connectivity index (χ3n) is 3.59. The second kappa shape index (κ2) is 3.93. The lowest BCUT2D eigenvalue weighted by molar-refractivity contribution is 0.352. The molecular formula is C11H17N3O. The van der Waals surface area contributed by atoms with E-state index in [2.05, 4.69) is 15.5 Å². The molecule has 0 spiro atoms. The van der Waals surface area contributed by atoms with Gasteiger partial charge in [-0.25, -0.2) is 0 Å². The molecule has 2 aliphatic rings. The van der Waals surface area contributed by atoms with Gasteiger partial charge >= 0.3 is 0 Å². The molecule has 1 atom stereocenters. The van der Waals surface area contributed by atoms with Crippen LogP contribution in [-0.2, 0) is 0 Å². The van der Waals surface area contributed by atoms with Crippen molar-refractivity contribution < 1.29 is 4.52 Å². The van der Waals surface area contributed by atoms with Crippen molar-refractivity contribution in [3.63, 3.8) is 0 Å². The molecular weight excluding hydrogens is 190 g/mol. The van der Waals surface area contributed by atoms with E-state index in [4.69, 9.17) is 4.52 Å². The molecule has 1 N–H and O–H groups in total. The van der Waals surface area contributed by atoms with Crippen molar-refractivity contribution in [1.82, 2.24) is 15.5 Å². The van der Waals surface area contributed by atoms with Crippen molar-refractivity contribution >= 4 is 0 Å². The van der Waals surface area contributed by atoms with E-state index in [0.29, 0.717) is 11.8 Å². The predicted molar refractivity (Wildman–Crippen MR) is 55.7 cm³/mol. The third kappa shape index (κ3) is 1.78. The van der Waals surface area contributed by atoms with Crippen LogP contribution < -0.4 is 5.32 Å². The second-order valence-electron chi connectivity index (χ2n) is 4.66. The van der Waals surface area contributed by atoms with E-state index in [9.17, 15) is 0 Å². The minimum absolute atomic E-state index is 0.452. The number of hydrogen-bond donors (Lipinski definition) is 1. The fourth-order valence-electron chi connectivity index (χ4n) is 2.63. The standard InChI is InChI=1S/C11H17N3O/c1-2-4-8(3-1)10-13-11(15-14-10)9-5-6-12-7-9/h8-9,12H,1-7H2. The molecule has 0 aromatic carbocycles. The summed E-state index contributed by atoms with van der Waals surface area (Å²) >= 11 is 0. The summed E-state index contributed by atoms with van der Waals surface area (Å²) in [6, 6.07) is 0. The first-order chi connectivity index (χ1) is 7.43. The van der Waals surface area contributed by atoms with Gasteiger partial charge in [-0.2, -0.15) is 4.98 Å². The van der Waals surface area contributed by atoms with Crippen molar-refractivity contribution in [1.29, 1.82) is 0 Å². The monoisotopic (exact) mass is 207 g/mol. The number of rotatable bonds is 2. The van der Waals surface area contributed by atoms with Crippen LogP contribution in [0, 0.1) is 0 Å². The van der Waals surface area contributed by atoms with Gasteiger partial charge in [0.05, 0.1) is 5.92 Å². The zero-order chi connectivity index (χ0) is 10.1. The lowest BCUT2D eigenvalue weighted by atomic mass is 10.1. The van der Waals surface area contributed by atoms with E-state index in [1.54, 1.807) is 0 Å². The van der Waals surface area contributed by atoms with Crippen LogP contribution in [-0.4, -0.2) is 23.2 Å². The normalized spacial score (nSPS) is 27.6. The third-order valence-corrected chi connectivity index (χ3v) is 3.59. The number of aromatic nitrogens is 2. The number of hydrogen-bond acceptors (Lipinski definition) is 4. The Morgan fingerprint density at radius 1 is 1.13 bits per heavy atom. The maximum absolute atomic E-state index is 5.36. The van der Waals surface area contributed by atoms with Crippen LogP contribution in [0.3, 0.4) is 0 Å². The van der Waals surface area contributed by atoms with Gasteiger partial charge in [0, 0.05) is 12.5 Å². The van der Waals surface area contributed by atoms with Crippen LogP contribution in [0.15, 0.2) is 4.52 Å². The van der Waals surface area contributed by atoms with E-state index in [-0.39, 0.29) is 0 Å². The maximum atomic E-state index is 5.36.